The fourth-order valence-electron chi connectivity index (χ4n) is 2.40. The van der Waals surface area contributed by atoms with Crippen LogP contribution in [0.5, 0.6) is 0 Å². The Morgan fingerprint density at radius 1 is 1.26 bits per heavy atom. The second kappa shape index (κ2) is 5.57. The molecule has 2 atom stereocenters. The highest BCUT2D eigenvalue weighted by Gasteiger charge is 2.29. The van der Waals surface area contributed by atoms with Crippen LogP contribution in [0.25, 0.3) is 0 Å². The van der Waals surface area contributed by atoms with E-state index in [1.54, 1.807) is 12.1 Å². The molecule has 0 bridgehead atoms. The number of anilines is 1. The van der Waals surface area contributed by atoms with Gasteiger partial charge in [-0.3, -0.25) is 4.79 Å². The number of aliphatic carboxylic acids is 1. The first-order valence-corrected chi connectivity index (χ1v) is 6.41. The van der Waals surface area contributed by atoms with Gasteiger partial charge < -0.3 is 14.9 Å². The van der Waals surface area contributed by atoms with E-state index in [9.17, 15) is 14.3 Å². The average molecular weight is 266 g/mol. The first-order valence-electron chi connectivity index (χ1n) is 6.41. The molecule has 1 aliphatic rings. The van der Waals surface area contributed by atoms with Crippen molar-refractivity contribution in [3.8, 4) is 0 Å². The largest absolute Gasteiger partial charge is 0.481 e. The van der Waals surface area contributed by atoms with Gasteiger partial charge in [0.2, 0.25) is 0 Å². The van der Waals surface area contributed by atoms with E-state index in [2.05, 4.69) is 11.8 Å². The molecule has 1 aromatic carbocycles. The molecule has 5 heteroatoms. The third-order valence-electron chi connectivity index (χ3n) is 3.73. The van der Waals surface area contributed by atoms with Gasteiger partial charge in [-0.15, -0.1) is 0 Å². The van der Waals surface area contributed by atoms with Crippen molar-refractivity contribution in [3.05, 3.63) is 30.1 Å². The summed E-state index contributed by atoms with van der Waals surface area (Å²) in [4.78, 5) is 15.4. The maximum atomic E-state index is 13.0. The zero-order valence-electron chi connectivity index (χ0n) is 11.2. The monoisotopic (exact) mass is 266 g/mol. The topological polar surface area (TPSA) is 43.8 Å². The second-order valence-corrected chi connectivity index (χ2v) is 5.21. The highest BCUT2D eigenvalue weighted by atomic mass is 19.1. The Labute approximate surface area is 112 Å². The number of carbonyl (C=O) groups is 1. The quantitative estimate of drug-likeness (QED) is 0.884. The molecule has 0 radical (unpaired) electrons. The summed E-state index contributed by atoms with van der Waals surface area (Å²) >= 11 is 0. The number of carboxylic acids is 1. The lowest BCUT2D eigenvalue weighted by Gasteiger charge is -2.27. The van der Waals surface area contributed by atoms with Gasteiger partial charge in [-0.05, 0) is 38.2 Å². The lowest BCUT2D eigenvalue weighted by molar-refractivity contribution is -0.141. The Kier molecular flexibility index (Phi) is 4.04. The standard InChI is InChI=1S/C14H19FN2O2/c1-10-7-17(13-5-3-12(15)4-6-13)9-11(14(18)19)8-16(10)2/h3-6,10-11H,7-9H2,1-2H3,(H,18,19). The van der Waals surface area contributed by atoms with E-state index in [4.69, 9.17) is 0 Å². The predicted octanol–water partition coefficient (Wildman–Crippen LogP) is 1.67. The van der Waals surface area contributed by atoms with Crippen LogP contribution in [0, 0.1) is 11.7 Å². The Balaban J connectivity index is 2.23. The molecule has 104 valence electrons. The van der Waals surface area contributed by atoms with E-state index in [0.717, 1.165) is 12.2 Å². The Morgan fingerprint density at radius 2 is 1.89 bits per heavy atom. The van der Waals surface area contributed by atoms with Gasteiger partial charge >= 0.3 is 5.97 Å². The first-order chi connectivity index (χ1) is 8.97. The van der Waals surface area contributed by atoms with Gasteiger partial charge in [-0.1, -0.05) is 0 Å². The zero-order valence-corrected chi connectivity index (χ0v) is 11.2. The minimum Gasteiger partial charge on any atom is -0.481 e. The summed E-state index contributed by atoms with van der Waals surface area (Å²) < 4.78 is 13.0. The fourth-order valence-corrected chi connectivity index (χ4v) is 2.40. The maximum absolute atomic E-state index is 13.0. The smallest absolute Gasteiger partial charge is 0.309 e. The van der Waals surface area contributed by atoms with Crippen molar-refractivity contribution in [1.82, 2.24) is 4.90 Å². The molecule has 19 heavy (non-hydrogen) atoms. The molecule has 0 aliphatic carbocycles. The van der Waals surface area contributed by atoms with Crippen LogP contribution in [-0.2, 0) is 4.79 Å². The molecule has 0 aromatic heterocycles. The molecular formula is C14H19FN2O2. The van der Waals surface area contributed by atoms with Crippen molar-refractivity contribution in [3.63, 3.8) is 0 Å². The van der Waals surface area contributed by atoms with Crippen molar-refractivity contribution in [2.75, 3.05) is 31.6 Å². The van der Waals surface area contributed by atoms with E-state index in [1.807, 2.05) is 11.9 Å². The average Bonchev–Trinajstić information content (AvgIpc) is 2.51. The molecule has 2 rings (SSSR count). The van der Waals surface area contributed by atoms with Crippen LogP contribution in [0.4, 0.5) is 10.1 Å². The van der Waals surface area contributed by atoms with Crippen molar-refractivity contribution >= 4 is 11.7 Å². The Bertz CT molecular complexity index is 449. The summed E-state index contributed by atoms with van der Waals surface area (Å²) in [5.74, 6) is -1.49. The summed E-state index contributed by atoms with van der Waals surface area (Å²) in [5, 5.41) is 9.26. The number of likely N-dealkylation sites (N-methyl/N-ethyl adjacent to an activating group) is 1. The van der Waals surface area contributed by atoms with E-state index in [1.165, 1.54) is 12.1 Å². The molecule has 1 N–H and O–H groups in total. The summed E-state index contributed by atoms with van der Waals surface area (Å²) in [5.41, 5.74) is 0.870. The zero-order chi connectivity index (χ0) is 14.0. The van der Waals surface area contributed by atoms with Crippen LogP contribution in [0.2, 0.25) is 0 Å². The van der Waals surface area contributed by atoms with Gasteiger partial charge in [0.05, 0.1) is 5.92 Å². The maximum Gasteiger partial charge on any atom is 0.309 e. The molecule has 1 heterocycles. The molecule has 1 saturated heterocycles. The number of rotatable bonds is 2. The molecule has 2 unspecified atom stereocenters. The number of benzene rings is 1. The SMILES string of the molecule is CC1CN(c2ccc(F)cc2)CC(C(=O)O)CN1C. The van der Waals surface area contributed by atoms with Crippen molar-refractivity contribution < 1.29 is 14.3 Å². The number of halogens is 1. The van der Waals surface area contributed by atoms with Gasteiger partial charge in [0.15, 0.2) is 0 Å². The summed E-state index contributed by atoms with van der Waals surface area (Å²) in [6, 6.07) is 6.47. The summed E-state index contributed by atoms with van der Waals surface area (Å²) in [6.07, 6.45) is 0. The molecule has 1 aromatic rings. The van der Waals surface area contributed by atoms with Crippen molar-refractivity contribution in [1.29, 1.82) is 0 Å². The van der Waals surface area contributed by atoms with Gasteiger partial charge in [-0.2, -0.15) is 0 Å². The van der Waals surface area contributed by atoms with Crippen LogP contribution in [0.3, 0.4) is 0 Å². The fraction of sp³-hybridized carbons (Fsp3) is 0.500. The van der Waals surface area contributed by atoms with Gasteiger partial charge in [0, 0.05) is 31.4 Å². The van der Waals surface area contributed by atoms with Gasteiger partial charge in [-0.25, -0.2) is 4.39 Å². The first kappa shape index (κ1) is 13.8. The molecule has 0 saturated carbocycles. The van der Waals surface area contributed by atoms with Crippen LogP contribution in [0.1, 0.15) is 6.92 Å². The normalized spacial score (nSPS) is 25.1. The summed E-state index contributed by atoms with van der Waals surface area (Å²) in [7, 11) is 1.94. The van der Waals surface area contributed by atoms with Gasteiger partial charge in [0.25, 0.3) is 0 Å². The van der Waals surface area contributed by atoms with E-state index in [0.29, 0.717) is 13.1 Å². The third-order valence-corrected chi connectivity index (χ3v) is 3.73. The molecule has 0 spiro atoms. The minimum absolute atomic E-state index is 0.259. The second-order valence-electron chi connectivity index (χ2n) is 5.21. The van der Waals surface area contributed by atoms with Crippen molar-refractivity contribution in [2.24, 2.45) is 5.92 Å². The van der Waals surface area contributed by atoms with Crippen LogP contribution in [-0.4, -0.2) is 48.7 Å². The lowest BCUT2D eigenvalue weighted by Crippen LogP contribution is -2.36. The predicted molar refractivity (Wildman–Crippen MR) is 71.8 cm³/mol. The molecule has 0 amide bonds. The number of hydrogen-bond acceptors (Lipinski definition) is 3. The van der Waals surface area contributed by atoms with Crippen LogP contribution < -0.4 is 4.90 Å². The lowest BCUT2D eigenvalue weighted by atomic mass is 10.1. The van der Waals surface area contributed by atoms with E-state index in [-0.39, 0.29) is 11.9 Å². The van der Waals surface area contributed by atoms with Crippen LogP contribution in [0.15, 0.2) is 24.3 Å². The summed E-state index contributed by atoms with van der Waals surface area (Å²) in [6.45, 7) is 3.80. The van der Waals surface area contributed by atoms with E-state index < -0.39 is 11.9 Å². The van der Waals surface area contributed by atoms with Gasteiger partial charge in [0.1, 0.15) is 5.82 Å². The Hall–Kier alpha value is -1.62. The molecular weight excluding hydrogens is 247 g/mol. The number of hydrogen-bond donors (Lipinski definition) is 1. The number of carboxylic acid groups (broad SMARTS) is 1. The highest BCUT2D eigenvalue weighted by molar-refractivity contribution is 5.71. The van der Waals surface area contributed by atoms with Crippen molar-refractivity contribution in [2.45, 2.75) is 13.0 Å². The molecule has 1 fully saturated rings. The molecule has 4 nitrogen and oxygen atoms in total. The number of nitrogens with zero attached hydrogens (tertiary/aromatic N) is 2. The third kappa shape index (κ3) is 3.23. The highest BCUT2D eigenvalue weighted by Crippen LogP contribution is 2.21. The van der Waals surface area contributed by atoms with E-state index >= 15 is 0 Å². The Morgan fingerprint density at radius 3 is 2.47 bits per heavy atom. The minimum atomic E-state index is -0.784. The molecule has 1 aliphatic heterocycles. The van der Waals surface area contributed by atoms with Crippen LogP contribution >= 0.6 is 0 Å².